The largest absolute Gasteiger partial charge is 1.00 e. The molecule has 89 heavy (non-hydrogen) atoms. The van der Waals surface area contributed by atoms with E-state index in [0.717, 1.165) is 68.8 Å². The molecule has 0 spiro atoms. The van der Waals surface area contributed by atoms with Crippen molar-refractivity contribution in [2.24, 2.45) is 32.3 Å². The fraction of sp³-hybridized carbons (Fsp3) is 0.169. The van der Waals surface area contributed by atoms with Gasteiger partial charge in [-0.3, -0.25) is 29.2 Å². The third-order valence-corrected chi connectivity index (χ3v) is 13.3. The second-order valence-corrected chi connectivity index (χ2v) is 21.1. The Kier molecular flexibility index (Phi) is 25.6. The molecule has 4 bridgehead atoms. The van der Waals surface area contributed by atoms with Crippen LogP contribution in [-0.2, 0) is 44.8 Å². The second-order valence-electron chi connectivity index (χ2n) is 21.1. The first-order valence-electron chi connectivity index (χ1n) is 26.7. The summed E-state index contributed by atoms with van der Waals surface area (Å²) in [6, 6.07) is 44.3. The Morgan fingerprint density at radius 2 is 0.742 bits per heavy atom. The first kappa shape index (κ1) is 71.1. The van der Waals surface area contributed by atoms with E-state index in [2.05, 4.69) is 63.7 Å². The number of para-hydroxylation sites is 6. The number of benzene rings is 3. The summed E-state index contributed by atoms with van der Waals surface area (Å²) in [7, 11) is 0. The zero-order chi connectivity index (χ0) is 58.8. The van der Waals surface area contributed by atoms with Crippen LogP contribution in [0.1, 0.15) is 88.5 Å². The van der Waals surface area contributed by atoms with Crippen LogP contribution in [0.15, 0.2) is 156 Å². The van der Waals surface area contributed by atoms with Crippen molar-refractivity contribution in [3.8, 4) is 68.3 Å². The number of halogens is 2. The van der Waals surface area contributed by atoms with E-state index in [1.807, 2.05) is 123 Å². The van der Waals surface area contributed by atoms with Crippen molar-refractivity contribution in [2.45, 2.75) is 35.1 Å². The fourth-order valence-corrected chi connectivity index (χ4v) is 8.55. The summed E-state index contributed by atoms with van der Waals surface area (Å²) < 4.78 is 0. The van der Waals surface area contributed by atoms with Gasteiger partial charge in [0.15, 0.2) is 12.6 Å². The van der Waals surface area contributed by atoms with Gasteiger partial charge in [0.25, 0.3) is 0 Å². The van der Waals surface area contributed by atoms with Gasteiger partial charge in [-0.15, -0.1) is 34.2 Å². The van der Waals surface area contributed by atoms with Gasteiger partial charge in [0.2, 0.25) is 0 Å². The van der Waals surface area contributed by atoms with E-state index in [1.54, 1.807) is 48.5 Å². The number of H-pyrrole nitrogens is 2. The number of nitrogens with one attached hydrogen (secondary N) is 2. The number of nitrogens with two attached hydrogens (primary N) is 2. The molecular weight excluding hydrogens is 1530 g/mol. The van der Waals surface area contributed by atoms with Crippen LogP contribution in [-0.4, -0.2) is 104 Å². The van der Waals surface area contributed by atoms with Gasteiger partial charge in [0.05, 0.1) is 78.7 Å². The van der Waals surface area contributed by atoms with Gasteiger partial charge in [-0.2, -0.15) is 0 Å². The van der Waals surface area contributed by atoms with Crippen LogP contribution in [0.25, 0.3) is 101 Å². The molecule has 24 heteroatoms. The number of carbonyl (C=O) groups is 4. The summed E-state index contributed by atoms with van der Waals surface area (Å²) >= 11 is 0. The van der Waals surface area contributed by atoms with E-state index in [-0.39, 0.29) is 87.8 Å². The first-order chi connectivity index (χ1) is 40.8. The quantitative estimate of drug-likeness (QED) is 0.111. The van der Waals surface area contributed by atoms with Gasteiger partial charge >= 0.3 is 0 Å². The van der Waals surface area contributed by atoms with E-state index >= 15 is 0 Å². The second kappa shape index (κ2) is 32.0. The number of aldehydes is 4. The van der Waals surface area contributed by atoms with Gasteiger partial charge < -0.3 is 66.2 Å². The number of fused-ring (bicyclic) bond motifs is 10. The number of hydrogen-bond donors (Lipinski definition) is 4. The minimum atomic E-state index is -0.0399. The zero-order valence-corrected chi connectivity index (χ0v) is 53.5. The molecule has 2 radical (unpaired) electrons. The monoisotopic (exact) mass is 1590 g/mol. The molecule has 1 aliphatic heterocycles. The van der Waals surface area contributed by atoms with Crippen LogP contribution in [0.4, 0.5) is 0 Å². The number of carbonyl (C=O) groups excluding carboxylic acids is 4. The maximum absolute atomic E-state index is 10.9. The Balaban J connectivity index is 0.000000225. The van der Waals surface area contributed by atoms with Crippen molar-refractivity contribution >= 4 is 70.7 Å². The third kappa shape index (κ3) is 17.2. The molecule has 6 N–H and O–H groups in total. The predicted molar refractivity (Wildman–Crippen MR) is 332 cm³/mol. The van der Waals surface area contributed by atoms with Crippen LogP contribution in [0.2, 0.25) is 0 Å². The Hall–Kier alpha value is -8.64. The summed E-state index contributed by atoms with van der Waals surface area (Å²) in [5, 5.41) is 0. The van der Waals surface area contributed by atoms with Crippen LogP contribution < -0.4 is 56.2 Å². The van der Waals surface area contributed by atoms with Crippen molar-refractivity contribution in [2.75, 3.05) is 26.2 Å². The van der Waals surface area contributed by atoms with Crippen molar-refractivity contribution in [1.82, 2.24) is 59.8 Å². The molecule has 0 unspecified atom stereocenters. The molecule has 20 nitrogen and oxygen atoms in total. The molecule has 466 valence electrons. The van der Waals surface area contributed by atoms with Crippen LogP contribution in [0, 0.1) is 10.8 Å². The average molecular weight is 1590 g/mol. The van der Waals surface area contributed by atoms with Crippen LogP contribution >= 0.6 is 0 Å². The third-order valence-electron chi connectivity index (χ3n) is 13.3. The Morgan fingerprint density at radius 3 is 1.01 bits per heavy atom. The summed E-state index contributed by atoms with van der Waals surface area (Å²) in [6.07, 6.45) is 6.50. The molecule has 0 atom stereocenters. The maximum atomic E-state index is 10.9. The number of hydrogen-bond acceptors (Lipinski definition) is 14. The molecule has 0 amide bonds. The molecule has 0 aliphatic carbocycles. The zero-order valence-electron chi connectivity index (χ0n) is 47.7. The Morgan fingerprint density at radius 1 is 0.438 bits per heavy atom. The molecule has 0 saturated carbocycles. The van der Waals surface area contributed by atoms with Gasteiger partial charge in [-0.25, -0.2) is 29.9 Å². The van der Waals surface area contributed by atoms with Crippen molar-refractivity contribution in [3.05, 3.63) is 180 Å². The number of nitrogens with zero attached hydrogens (tertiary/aromatic N) is 12. The molecule has 10 heterocycles. The first-order valence-corrected chi connectivity index (χ1v) is 26.7. The summed E-state index contributed by atoms with van der Waals surface area (Å²) in [5.74, 6) is 0. The van der Waals surface area contributed by atoms with Crippen LogP contribution in [0.3, 0.4) is 0 Å². The minimum absolute atomic E-state index is 0. The van der Waals surface area contributed by atoms with E-state index in [4.69, 9.17) is 31.4 Å². The number of aliphatic imine (C=N–C) groups is 2. The van der Waals surface area contributed by atoms with E-state index in [0.29, 0.717) is 118 Å². The predicted octanol–water partition coefficient (Wildman–Crippen LogP) is 4.07. The molecule has 9 aromatic heterocycles. The topological polar surface area (TPSA) is 310 Å². The van der Waals surface area contributed by atoms with E-state index in [1.165, 1.54) is 0 Å². The Labute approximate surface area is 556 Å². The van der Waals surface area contributed by atoms with Gasteiger partial charge in [0, 0.05) is 75.7 Å². The summed E-state index contributed by atoms with van der Waals surface area (Å²) in [4.78, 5) is 105. The van der Waals surface area contributed by atoms with Crippen molar-refractivity contribution < 1.29 is 88.8 Å². The van der Waals surface area contributed by atoms with E-state index in [9.17, 15) is 19.2 Å². The maximum Gasteiger partial charge on any atom is 0.166 e. The fourth-order valence-electron chi connectivity index (χ4n) is 8.55. The summed E-state index contributed by atoms with van der Waals surface area (Å²) in [6.45, 7) is 11.1. The molecule has 0 saturated heterocycles. The smallest absolute Gasteiger partial charge is 0.166 e. The van der Waals surface area contributed by atoms with E-state index < -0.39 is 0 Å². The van der Waals surface area contributed by atoms with Gasteiger partial charge in [0.1, 0.15) is 24.0 Å². The van der Waals surface area contributed by atoms with Crippen molar-refractivity contribution in [1.29, 1.82) is 0 Å². The van der Waals surface area contributed by atoms with Crippen LogP contribution in [0.5, 0.6) is 0 Å². The standard InChI is InChI=1S/C23H20N6.2C18H12N4O2.C5H14N2.CH4.2Au.2ClH/c1-23(2)13-24-11-15-7-9-19(26-15)21-22(20-10-8-16(27-20)12-25-14-23)29-18-6-4-3-5-17(18)28-21;2*23-9-11-5-7-15(19-11)17-18(16-8-6-12(10-24)20-16)22-14-4-2-1-3-13(14)21-17;1-5(2,3-6)4-7;;;;;/h3-12H,13-14H2,1-2H3;1-10H,(H2,19,20,21,22,23,24);1-10,19-20H;3-4,6-7H2,1-2H3;1H4;;;2*1H/q-2;;;;;;;;/p-4. The summed E-state index contributed by atoms with van der Waals surface area (Å²) in [5.41, 5.74) is 26.3. The molecular formula is C65H60Au2Cl2N16O4-6. The van der Waals surface area contributed by atoms with Gasteiger partial charge in [-0.05, 0) is 79.2 Å². The number of aromatic amines is 2. The molecule has 13 rings (SSSR count). The molecule has 1 aliphatic rings. The minimum Gasteiger partial charge on any atom is -1.00 e. The van der Waals surface area contributed by atoms with Crippen molar-refractivity contribution in [3.63, 3.8) is 0 Å². The SMILES string of the molecule is C.CC(C)(CN)CN.CC1(C)CN=Cc2ccc([n-]2)-c2nc3ccccc3nc2-c2ccc([n-]2)C=NC1.O=Cc1ccc(-c2nc3ccccc3nc2-c2ccc(C=O)[n-]2)[n-]1.O=Cc1ccc(-c2nc3ccccc3nc2-c2ccc(C=O)[nH]2)[nH]1.[Au].[Au].[Cl-].[Cl-]. The number of rotatable bonds is 10. The van der Waals surface area contributed by atoms with Gasteiger partial charge in [-0.1, -0.05) is 131 Å². The molecule has 3 aromatic carbocycles. The Bertz CT molecular complexity index is 3960. The molecule has 12 aromatic rings. The molecule has 0 fully saturated rings. The normalized spacial score (nSPS) is 11.9. The average Bonchev–Trinajstić information content (AvgIpc) is 3.69. The number of aromatic nitrogens is 12.